The molecule has 5 heteroatoms. The highest BCUT2D eigenvalue weighted by Gasteiger charge is 2.47. The summed E-state index contributed by atoms with van der Waals surface area (Å²) in [5.41, 5.74) is 16.8. The zero-order chi connectivity index (χ0) is 38.6. The van der Waals surface area contributed by atoms with E-state index in [9.17, 15) is 0 Å². The smallest absolute Gasteiger partial charge is 0.0572 e. The Morgan fingerprint density at radius 3 is 1.19 bits per heavy atom. The molecule has 59 heavy (non-hydrogen) atoms. The second-order valence-corrected chi connectivity index (χ2v) is 17.4. The molecule has 4 nitrogen and oxygen atoms in total. The van der Waals surface area contributed by atoms with Gasteiger partial charge in [0.05, 0.1) is 45.2 Å². The highest BCUT2D eigenvalue weighted by molar-refractivity contribution is 7.82. The number of rotatable bonds is 5. The molecule has 0 radical (unpaired) electrons. The molecule has 0 saturated carbocycles. The van der Waals surface area contributed by atoms with Crippen molar-refractivity contribution in [3.8, 4) is 16.8 Å². The lowest BCUT2D eigenvalue weighted by atomic mass is 9.99. The fraction of sp³-hybridized carbons (Fsp3) is 0. The average Bonchev–Trinajstić information content (AvgIpc) is 3.64. The van der Waals surface area contributed by atoms with Gasteiger partial charge in [-0.1, -0.05) is 115 Å². The van der Waals surface area contributed by atoms with Crippen molar-refractivity contribution >= 4 is 96.8 Å². The van der Waals surface area contributed by atoms with Gasteiger partial charge >= 0.3 is 0 Å². The lowest BCUT2D eigenvalue weighted by molar-refractivity contribution is 1.18. The molecule has 0 aliphatic carbocycles. The van der Waals surface area contributed by atoms with Crippen molar-refractivity contribution in [2.45, 2.75) is 0 Å². The Labute approximate surface area is 343 Å². The highest BCUT2D eigenvalue weighted by atomic mass is 31.1. The number of hydrogen-bond donors (Lipinski definition) is 0. The number of nitrogens with zero attached hydrogens (tertiary/aromatic N) is 4. The first kappa shape index (κ1) is 32.7. The van der Waals surface area contributed by atoms with Crippen LogP contribution in [-0.2, 0) is 0 Å². The molecule has 0 unspecified atom stereocenters. The summed E-state index contributed by atoms with van der Waals surface area (Å²) in [6, 6.07) is 78.2. The van der Waals surface area contributed by atoms with Crippen LogP contribution in [0.4, 0.5) is 51.2 Å². The predicted octanol–water partition coefficient (Wildman–Crippen LogP) is 13.6. The Morgan fingerprint density at radius 1 is 0.271 bits per heavy atom. The number of aromatic nitrogens is 1. The van der Waals surface area contributed by atoms with Crippen LogP contribution >= 0.6 is 7.92 Å². The largest absolute Gasteiger partial charge is 0.309 e. The van der Waals surface area contributed by atoms with Gasteiger partial charge in [-0.05, 0) is 108 Å². The van der Waals surface area contributed by atoms with Gasteiger partial charge in [-0.3, -0.25) is 0 Å². The number of anilines is 9. The van der Waals surface area contributed by atoms with E-state index in [0.29, 0.717) is 0 Å². The van der Waals surface area contributed by atoms with Crippen LogP contribution in [0.15, 0.2) is 212 Å². The summed E-state index contributed by atoms with van der Waals surface area (Å²) < 4.78 is 2.42. The zero-order valence-electron chi connectivity index (χ0n) is 31.9. The quantitative estimate of drug-likeness (QED) is 0.162. The second-order valence-electron chi connectivity index (χ2n) is 15.4. The van der Waals surface area contributed by atoms with Gasteiger partial charge in [-0.25, -0.2) is 0 Å². The lowest BCUT2D eigenvalue weighted by Gasteiger charge is -2.50. The Morgan fingerprint density at radius 2 is 0.678 bits per heavy atom. The molecule has 0 amide bonds. The van der Waals surface area contributed by atoms with Crippen LogP contribution in [0.5, 0.6) is 0 Å². The molecule has 0 atom stereocenters. The molecule has 0 fully saturated rings. The van der Waals surface area contributed by atoms with Crippen LogP contribution in [0.1, 0.15) is 0 Å². The van der Waals surface area contributed by atoms with Gasteiger partial charge in [-0.2, -0.15) is 0 Å². The summed E-state index contributed by atoms with van der Waals surface area (Å²) >= 11 is 0. The van der Waals surface area contributed by atoms with Gasteiger partial charge in [0.2, 0.25) is 0 Å². The number of fused-ring (bicyclic) bond motifs is 3. The summed E-state index contributed by atoms with van der Waals surface area (Å²) in [6.07, 6.45) is 0. The summed E-state index contributed by atoms with van der Waals surface area (Å²) in [5.74, 6) is 0. The maximum Gasteiger partial charge on any atom is 0.0572 e. The summed E-state index contributed by atoms with van der Waals surface area (Å²) in [5, 5.41) is 6.70. The van der Waals surface area contributed by atoms with Gasteiger partial charge in [0.15, 0.2) is 0 Å². The van der Waals surface area contributed by atoms with Gasteiger partial charge in [-0.15, -0.1) is 0 Å². The SMILES string of the molecule is c1ccc(N2c3cccc4c3P3c5c2cccc5N(c2ccccc2)c2cc(-c5ccc6c7ccccc7n(-c7ccccc7)c6c5)cc(c23)N4c2ccccc2)cc1. The van der Waals surface area contributed by atoms with Crippen LogP contribution in [0.25, 0.3) is 38.6 Å². The maximum absolute atomic E-state index is 2.53. The predicted molar refractivity (Wildman–Crippen MR) is 250 cm³/mol. The molecule has 3 aliphatic heterocycles. The first-order valence-corrected chi connectivity index (χ1v) is 21.5. The Kier molecular flexibility index (Phi) is 6.95. The van der Waals surface area contributed by atoms with Gasteiger partial charge in [0, 0.05) is 57.4 Å². The fourth-order valence-corrected chi connectivity index (χ4v) is 12.9. The van der Waals surface area contributed by atoms with Crippen LogP contribution in [0.2, 0.25) is 0 Å². The van der Waals surface area contributed by atoms with E-state index in [-0.39, 0.29) is 0 Å². The van der Waals surface area contributed by atoms with E-state index < -0.39 is 7.92 Å². The third kappa shape index (κ3) is 4.64. The molecular weight excluding hydrogens is 736 g/mol. The van der Waals surface area contributed by atoms with Crippen molar-refractivity contribution in [1.29, 1.82) is 0 Å². The second kappa shape index (κ2) is 12.6. The Bertz CT molecular complexity index is 3170. The van der Waals surface area contributed by atoms with E-state index in [1.807, 2.05) is 0 Å². The molecule has 3 aliphatic rings. The van der Waals surface area contributed by atoms with Gasteiger partial charge in [0.1, 0.15) is 0 Å². The van der Waals surface area contributed by atoms with Crippen molar-refractivity contribution in [2.24, 2.45) is 0 Å². The minimum absolute atomic E-state index is 0.943. The summed E-state index contributed by atoms with van der Waals surface area (Å²) in [7, 11) is -0.943. The molecule has 10 aromatic rings. The fourth-order valence-electron chi connectivity index (χ4n) is 9.86. The molecule has 276 valence electrons. The number of para-hydroxylation sites is 5. The summed E-state index contributed by atoms with van der Waals surface area (Å²) in [4.78, 5) is 7.56. The van der Waals surface area contributed by atoms with Crippen LogP contribution in [0.3, 0.4) is 0 Å². The minimum Gasteiger partial charge on any atom is -0.309 e. The normalized spacial score (nSPS) is 13.6. The molecule has 13 rings (SSSR count). The number of benzene rings is 9. The molecule has 0 N–H and O–H groups in total. The third-order valence-corrected chi connectivity index (χ3v) is 15.0. The van der Waals surface area contributed by atoms with Crippen LogP contribution in [0, 0.1) is 0 Å². The van der Waals surface area contributed by atoms with E-state index in [2.05, 4.69) is 232 Å². The first-order chi connectivity index (χ1) is 29.3. The van der Waals surface area contributed by atoms with E-state index in [0.717, 1.165) is 22.7 Å². The zero-order valence-corrected chi connectivity index (χ0v) is 32.8. The average molecular weight is 771 g/mol. The standard InChI is InChI=1S/C54H35N4P/c1-5-17-38(18-6-1)55-44-26-14-13-25-42(44)43-32-31-36(33-49(43)55)37-34-50-54-51(35-37)58(41-23-11-4-12-24-41)48-30-16-28-46-53(48)59(54)52-45(56(46)39-19-7-2-8-20-39)27-15-29-47(52)57(50)40-21-9-3-10-22-40/h1-35H. The van der Waals surface area contributed by atoms with Crippen molar-refractivity contribution < 1.29 is 0 Å². The van der Waals surface area contributed by atoms with Gasteiger partial charge < -0.3 is 19.3 Å². The number of hydrogen-bond acceptors (Lipinski definition) is 3. The molecule has 4 heterocycles. The molecular formula is C54H35N4P. The van der Waals surface area contributed by atoms with Crippen molar-refractivity contribution in [3.63, 3.8) is 0 Å². The highest BCUT2D eigenvalue weighted by Crippen LogP contribution is 2.63. The molecule has 0 spiro atoms. The Balaban J connectivity index is 1.14. The van der Waals surface area contributed by atoms with E-state index in [1.165, 1.54) is 83.0 Å². The molecule has 0 saturated heterocycles. The summed E-state index contributed by atoms with van der Waals surface area (Å²) in [6.45, 7) is 0. The monoisotopic (exact) mass is 770 g/mol. The minimum atomic E-state index is -0.943. The van der Waals surface area contributed by atoms with Gasteiger partial charge in [0.25, 0.3) is 0 Å². The van der Waals surface area contributed by atoms with E-state index >= 15 is 0 Å². The van der Waals surface area contributed by atoms with Crippen LogP contribution < -0.4 is 30.6 Å². The molecule has 9 aromatic carbocycles. The first-order valence-electron chi connectivity index (χ1n) is 20.2. The van der Waals surface area contributed by atoms with Crippen molar-refractivity contribution in [3.05, 3.63) is 212 Å². The Hall–Kier alpha value is -7.39. The molecule has 1 aromatic heterocycles. The van der Waals surface area contributed by atoms with Crippen LogP contribution in [-0.4, -0.2) is 4.57 Å². The lowest BCUT2D eigenvalue weighted by Crippen LogP contribution is -2.45. The third-order valence-electron chi connectivity index (χ3n) is 12.2. The van der Waals surface area contributed by atoms with E-state index in [4.69, 9.17) is 0 Å². The topological polar surface area (TPSA) is 14.7 Å². The van der Waals surface area contributed by atoms with Crippen molar-refractivity contribution in [1.82, 2.24) is 4.57 Å². The molecule has 0 bridgehead atoms. The maximum atomic E-state index is 2.53. The van der Waals surface area contributed by atoms with Crippen molar-refractivity contribution in [2.75, 3.05) is 14.7 Å². The van der Waals surface area contributed by atoms with E-state index in [1.54, 1.807) is 0 Å².